The second kappa shape index (κ2) is 7.79. The molecule has 0 bridgehead atoms. The number of aromatic nitrogens is 2. The Hall–Kier alpha value is -2.52. The van der Waals surface area contributed by atoms with Gasteiger partial charge in [0.25, 0.3) is 5.91 Å². The van der Waals surface area contributed by atoms with Crippen molar-refractivity contribution >= 4 is 28.1 Å². The second-order valence-corrected chi connectivity index (χ2v) is 7.00. The van der Waals surface area contributed by atoms with E-state index in [9.17, 15) is 4.79 Å². The summed E-state index contributed by atoms with van der Waals surface area (Å²) in [5.41, 5.74) is 0.358. The van der Waals surface area contributed by atoms with Crippen molar-refractivity contribution in [1.29, 1.82) is 0 Å². The lowest BCUT2D eigenvalue weighted by atomic mass is 9.95. The topological polar surface area (TPSA) is 94.9 Å². The van der Waals surface area contributed by atoms with E-state index in [0.29, 0.717) is 36.0 Å². The summed E-state index contributed by atoms with van der Waals surface area (Å²) in [6.45, 7) is 2.25. The molecule has 1 aliphatic rings. The van der Waals surface area contributed by atoms with Gasteiger partial charge in [-0.05, 0) is 19.1 Å². The van der Waals surface area contributed by atoms with Crippen LogP contribution in [0.25, 0.3) is 0 Å². The Morgan fingerprint density at radius 1 is 1.35 bits per heavy atom. The Bertz CT molecular complexity index is 823. The molecule has 1 aromatic heterocycles. The van der Waals surface area contributed by atoms with E-state index in [2.05, 4.69) is 20.7 Å². The van der Waals surface area contributed by atoms with E-state index < -0.39 is 5.60 Å². The maximum atomic E-state index is 12.7. The summed E-state index contributed by atoms with van der Waals surface area (Å²) in [5.74, 6) is 0.368. The fourth-order valence-electron chi connectivity index (χ4n) is 2.51. The monoisotopic (exact) mass is 376 g/mol. The fraction of sp³-hybridized carbons (Fsp3) is 0.412. The van der Waals surface area contributed by atoms with Crippen molar-refractivity contribution < 1.29 is 19.1 Å². The van der Waals surface area contributed by atoms with Gasteiger partial charge in [0.05, 0.1) is 19.4 Å². The molecule has 1 aliphatic heterocycles. The van der Waals surface area contributed by atoms with E-state index >= 15 is 0 Å². The van der Waals surface area contributed by atoms with Gasteiger partial charge in [-0.3, -0.25) is 10.1 Å². The number of carbonyl (C=O) groups is 1. The fourth-order valence-corrected chi connectivity index (χ4v) is 3.23. The molecule has 9 heteroatoms. The predicted molar refractivity (Wildman–Crippen MR) is 97.8 cm³/mol. The molecule has 3 rings (SSSR count). The Balaban J connectivity index is 1.66. The summed E-state index contributed by atoms with van der Waals surface area (Å²) in [6, 6.07) is 7.49. The molecule has 0 fully saturated rings. The molecule has 1 N–H and O–H groups in total. The van der Waals surface area contributed by atoms with Crippen molar-refractivity contribution in [1.82, 2.24) is 10.2 Å². The predicted octanol–water partition coefficient (Wildman–Crippen LogP) is 2.26. The van der Waals surface area contributed by atoms with E-state index in [1.165, 1.54) is 11.3 Å². The van der Waals surface area contributed by atoms with Crippen LogP contribution in [0, 0.1) is 0 Å². The molecule has 0 unspecified atom stereocenters. The third kappa shape index (κ3) is 3.83. The molecule has 1 atom stereocenters. The van der Waals surface area contributed by atoms with Crippen LogP contribution in [0.5, 0.6) is 5.75 Å². The van der Waals surface area contributed by atoms with Crippen LogP contribution in [0.2, 0.25) is 0 Å². The van der Waals surface area contributed by atoms with Crippen molar-refractivity contribution in [2.45, 2.75) is 25.4 Å². The first-order valence-corrected chi connectivity index (χ1v) is 8.88. The lowest BCUT2D eigenvalue weighted by molar-refractivity contribution is -0.135. The van der Waals surface area contributed by atoms with E-state index in [-0.39, 0.29) is 5.91 Å². The van der Waals surface area contributed by atoms with Gasteiger partial charge in [-0.25, -0.2) is 0 Å². The van der Waals surface area contributed by atoms with E-state index in [4.69, 9.17) is 14.3 Å². The van der Waals surface area contributed by atoms with Crippen molar-refractivity contribution in [2.24, 2.45) is 5.16 Å². The van der Waals surface area contributed by atoms with Crippen molar-refractivity contribution in [3.8, 4) is 5.75 Å². The van der Waals surface area contributed by atoms with Gasteiger partial charge in [-0.1, -0.05) is 28.6 Å². The summed E-state index contributed by atoms with van der Waals surface area (Å²) >= 11 is 1.31. The number of oxime groups is 1. The minimum Gasteiger partial charge on any atom is -0.496 e. The average molecular weight is 376 g/mol. The zero-order valence-corrected chi connectivity index (χ0v) is 15.6. The highest BCUT2D eigenvalue weighted by molar-refractivity contribution is 7.15. The lowest BCUT2D eigenvalue weighted by Crippen LogP contribution is -2.40. The van der Waals surface area contributed by atoms with Crippen LogP contribution in [0.1, 0.15) is 23.9 Å². The number of methoxy groups -OCH3 is 2. The maximum Gasteiger partial charge on any atom is 0.273 e. The van der Waals surface area contributed by atoms with Gasteiger partial charge in [0.1, 0.15) is 10.8 Å². The number of amides is 1. The number of carbonyl (C=O) groups excluding carboxylic acids is 1. The minimum absolute atomic E-state index is 0.319. The Kier molecular flexibility index (Phi) is 5.48. The Morgan fingerprint density at radius 2 is 2.15 bits per heavy atom. The van der Waals surface area contributed by atoms with Gasteiger partial charge >= 0.3 is 0 Å². The first kappa shape index (κ1) is 18.3. The number of rotatable bonds is 7. The molecule has 2 heterocycles. The maximum absolute atomic E-state index is 12.7. The first-order chi connectivity index (χ1) is 12.6. The quantitative estimate of drug-likeness (QED) is 0.796. The third-order valence-corrected chi connectivity index (χ3v) is 4.87. The first-order valence-electron chi connectivity index (χ1n) is 8.07. The number of ether oxygens (including phenoxy) is 2. The molecule has 0 spiro atoms. The van der Waals surface area contributed by atoms with Gasteiger partial charge in [0, 0.05) is 25.5 Å². The number of anilines is 1. The highest BCUT2D eigenvalue weighted by Gasteiger charge is 2.43. The van der Waals surface area contributed by atoms with E-state index in [1.807, 2.05) is 24.3 Å². The SMILES string of the molecule is COCCc1nnc(NC(=O)[C@]2(C)CC(c3ccccc3OC)=NO2)s1. The number of hydrogen-bond acceptors (Lipinski definition) is 8. The van der Waals surface area contributed by atoms with Gasteiger partial charge in [-0.2, -0.15) is 0 Å². The number of nitrogens with one attached hydrogen (secondary N) is 1. The standard InChI is InChI=1S/C17H20N4O4S/c1-17(15(22)18-16-20-19-14(26-16)8-9-23-2)10-12(21-25-17)11-6-4-5-7-13(11)24-3/h4-7H,8-10H2,1-3H3,(H,18,20,22)/t17-/m0/s1. The summed E-state index contributed by atoms with van der Waals surface area (Å²) in [4.78, 5) is 18.1. The molecular weight excluding hydrogens is 356 g/mol. The summed E-state index contributed by atoms with van der Waals surface area (Å²) in [5, 5.41) is 16.1. The minimum atomic E-state index is -1.12. The van der Waals surface area contributed by atoms with E-state index in [0.717, 1.165) is 10.6 Å². The number of hydrogen-bond donors (Lipinski definition) is 1. The van der Waals surface area contributed by atoms with Crippen LogP contribution in [0.3, 0.4) is 0 Å². The van der Waals surface area contributed by atoms with Crippen molar-refractivity contribution in [2.75, 3.05) is 26.1 Å². The van der Waals surface area contributed by atoms with Crippen LogP contribution in [0.15, 0.2) is 29.4 Å². The molecule has 0 aliphatic carbocycles. The highest BCUT2D eigenvalue weighted by atomic mass is 32.1. The number of nitrogens with zero attached hydrogens (tertiary/aromatic N) is 3. The van der Waals surface area contributed by atoms with Crippen LogP contribution in [0.4, 0.5) is 5.13 Å². The average Bonchev–Trinajstić information content (AvgIpc) is 3.27. The van der Waals surface area contributed by atoms with Crippen LogP contribution in [-0.4, -0.2) is 48.2 Å². The highest BCUT2D eigenvalue weighted by Crippen LogP contribution is 2.31. The molecular formula is C17H20N4O4S. The summed E-state index contributed by atoms with van der Waals surface area (Å²) in [6.07, 6.45) is 0.980. The molecule has 0 saturated heterocycles. The molecule has 0 saturated carbocycles. The normalized spacial score (nSPS) is 19.0. The summed E-state index contributed by atoms with van der Waals surface area (Å²) in [7, 11) is 3.22. The Morgan fingerprint density at radius 3 is 2.92 bits per heavy atom. The largest absolute Gasteiger partial charge is 0.496 e. The second-order valence-electron chi connectivity index (χ2n) is 5.94. The summed E-state index contributed by atoms with van der Waals surface area (Å²) < 4.78 is 10.4. The van der Waals surface area contributed by atoms with Crippen LogP contribution in [-0.2, 0) is 20.8 Å². The molecule has 138 valence electrons. The third-order valence-electron chi connectivity index (χ3n) is 3.97. The van der Waals surface area contributed by atoms with Crippen LogP contribution >= 0.6 is 11.3 Å². The van der Waals surface area contributed by atoms with Gasteiger partial charge in [0.15, 0.2) is 0 Å². The molecule has 2 aromatic rings. The van der Waals surface area contributed by atoms with Crippen molar-refractivity contribution in [3.05, 3.63) is 34.8 Å². The number of para-hydroxylation sites is 1. The number of benzene rings is 1. The van der Waals surface area contributed by atoms with Crippen molar-refractivity contribution in [3.63, 3.8) is 0 Å². The zero-order chi connectivity index (χ0) is 18.6. The van der Waals surface area contributed by atoms with Gasteiger partial charge in [-0.15, -0.1) is 10.2 Å². The van der Waals surface area contributed by atoms with Gasteiger partial charge in [0.2, 0.25) is 10.7 Å². The smallest absolute Gasteiger partial charge is 0.273 e. The molecule has 0 radical (unpaired) electrons. The van der Waals surface area contributed by atoms with Crippen LogP contribution < -0.4 is 10.1 Å². The molecule has 1 amide bonds. The lowest BCUT2D eigenvalue weighted by Gasteiger charge is -2.19. The molecule has 1 aromatic carbocycles. The molecule has 26 heavy (non-hydrogen) atoms. The molecule has 8 nitrogen and oxygen atoms in total. The Labute approximate surface area is 155 Å². The zero-order valence-electron chi connectivity index (χ0n) is 14.8. The van der Waals surface area contributed by atoms with E-state index in [1.54, 1.807) is 21.1 Å². The van der Waals surface area contributed by atoms with Gasteiger partial charge < -0.3 is 14.3 Å².